The van der Waals surface area contributed by atoms with E-state index in [9.17, 15) is 9.18 Å². The molecule has 4 nitrogen and oxygen atoms in total. The lowest BCUT2D eigenvalue weighted by Gasteiger charge is -2.11. The Kier molecular flexibility index (Phi) is 7.08. The predicted octanol–water partition coefficient (Wildman–Crippen LogP) is 5.71. The van der Waals surface area contributed by atoms with Crippen LogP contribution in [-0.4, -0.2) is 17.5 Å². The first-order chi connectivity index (χ1) is 15.7. The standard InChI is InChI=1S/C27H25FN2O2/c28-26-23(19-30-27(31)22-14-15-24-21(18-22)12-7-16-29-24)11-6-13-25(26)32-17-5-4-10-20-8-2-1-3-9-20/h1-3,6-9,11-16,18H,4-5,10,17,19H2,(H,30,31). The van der Waals surface area contributed by atoms with Gasteiger partial charge in [0.2, 0.25) is 0 Å². The van der Waals surface area contributed by atoms with Gasteiger partial charge in [-0.3, -0.25) is 9.78 Å². The Morgan fingerprint density at radius 1 is 0.938 bits per heavy atom. The van der Waals surface area contributed by atoms with Crippen molar-refractivity contribution in [3.63, 3.8) is 0 Å². The number of aryl methyl sites for hydroxylation is 1. The molecule has 162 valence electrons. The van der Waals surface area contributed by atoms with Crippen molar-refractivity contribution in [1.82, 2.24) is 10.3 Å². The lowest BCUT2D eigenvalue weighted by molar-refractivity contribution is 0.0950. The number of halogens is 1. The molecule has 0 aliphatic carbocycles. The molecule has 5 heteroatoms. The van der Waals surface area contributed by atoms with Gasteiger partial charge in [-0.1, -0.05) is 48.5 Å². The minimum absolute atomic E-state index is 0.0843. The molecule has 0 unspecified atom stereocenters. The number of aromatic nitrogens is 1. The quantitative estimate of drug-likeness (QED) is 0.348. The fourth-order valence-electron chi connectivity index (χ4n) is 3.56. The SMILES string of the molecule is O=C(NCc1cccc(OCCCCc2ccccc2)c1F)c1ccc2ncccc2c1. The Labute approximate surface area is 187 Å². The molecule has 0 saturated carbocycles. The maximum Gasteiger partial charge on any atom is 0.251 e. The van der Waals surface area contributed by atoms with Gasteiger partial charge in [-0.05, 0) is 55.2 Å². The van der Waals surface area contributed by atoms with E-state index in [0.717, 1.165) is 30.2 Å². The lowest BCUT2D eigenvalue weighted by atomic mass is 10.1. The summed E-state index contributed by atoms with van der Waals surface area (Å²) in [6, 6.07) is 24.3. The van der Waals surface area contributed by atoms with Crippen LogP contribution in [0.4, 0.5) is 4.39 Å². The molecule has 4 aromatic rings. The molecular formula is C27H25FN2O2. The Hall–Kier alpha value is -3.73. The minimum Gasteiger partial charge on any atom is -0.491 e. The van der Waals surface area contributed by atoms with Crippen LogP contribution in [0.3, 0.4) is 0 Å². The van der Waals surface area contributed by atoms with Crippen molar-refractivity contribution in [2.75, 3.05) is 6.61 Å². The fraction of sp³-hybridized carbons (Fsp3) is 0.185. The van der Waals surface area contributed by atoms with Gasteiger partial charge in [0.1, 0.15) is 0 Å². The van der Waals surface area contributed by atoms with Crippen LogP contribution in [-0.2, 0) is 13.0 Å². The molecule has 4 rings (SSSR count). The number of benzene rings is 3. The second-order valence-corrected chi connectivity index (χ2v) is 7.61. The zero-order valence-corrected chi connectivity index (χ0v) is 17.8. The molecule has 0 aliphatic rings. The summed E-state index contributed by atoms with van der Waals surface area (Å²) in [4.78, 5) is 16.8. The molecule has 0 fully saturated rings. The number of hydrogen-bond donors (Lipinski definition) is 1. The van der Waals surface area contributed by atoms with E-state index in [0.29, 0.717) is 17.7 Å². The van der Waals surface area contributed by atoms with Gasteiger partial charge in [-0.15, -0.1) is 0 Å². The highest BCUT2D eigenvalue weighted by Gasteiger charge is 2.12. The van der Waals surface area contributed by atoms with Crippen molar-refractivity contribution >= 4 is 16.8 Å². The number of nitrogens with zero attached hydrogens (tertiary/aromatic N) is 1. The Morgan fingerprint density at radius 2 is 1.81 bits per heavy atom. The summed E-state index contributed by atoms with van der Waals surface area (Å²) in [5.74, 6) is -0.478. The molecule has 32 heavy (non-hydrogen) atoms. The number of carbonyl (C=O) groups excluding carboxylic acids is 1. The fourth-order valence-corrected chi connectivity index (χ4v) is 3.56. The maximum atomic E-state index is 14.8. The van der Waals surface area contributed by atoms with Gasteiger partial charge >= 0.3 is 0 Å². The Balaban J connectivity index is 1.29. The van der Waals surface area contributed by atoms with E-state index in [4.69, 9.17) is 4.74 Å². The monoisotopic (exact) mass is 428 g/mol. The number of fused-ring (bicyclic) bond motifs is 1. The summed E-state index contributed by atoms with van der Waals surface area (Å²) in [5, 5.41) is 3.67. The summed E-state index contributed by atoms with van der Waals surface area (Å²) < 4.78 is 20.5. The Bertz CT molecular complexity index is 1190. The average molecular weight is 429 g/mol. The van der Waals surface area contributed by atoms with Crippen LogP contribution in [0.15, 0.2) is 85.1 Å². The van der Waals surface area contributed by atoms with Gasteiger partial charge in [0.15, 0.2) is 11.6 Å². The largest absolute Gasteiger partial charge is 0.491 e. The zero-order chi connectivity index (χ0) is 22.2. The van der Waals surface area contributed by atoms with E-state index in [1.54, 1.807) is 42.6 Å². The molecule has 1 N–H and O–H groups in total. The van der Waals surface area contributed by atoms with E-state index >= 15 is 0 Å². The van der Waals surface area contributed by atoms with Crippen LogP contribution in [0.25, 0.3) is 10.9 Å². The highest BCUT2D eigenvalue weighted by atomic mass is 19.1. The van der Waals surface area contributed by atoms with Crippen molar-refractivity contribution in [3.05, 3.63) is 108 Å². The first-order valence-electron chi connectivity index (χ1n) is 10.8. The van der Waals surface area contributed by atoms with Crippen molar-refractivity contribution < 1.29 is 13.9 Å². The van der Waals surface area contributed by atoms with E-state index in [-0.39, 0.29) is 18.2 Å². The number of rotatable bonds is 9. The third-order valence-electron chi connectivity index (χ3n) is 5.31. The van der Waals surface area contributed by atoms with Gasteiger partial charge in [-0.2, -0.15) is 0 Å². The molecule has 0 spiro atoms. The number of unbranched alkanes of at least 4 members (excludes halogenated alkanes) is 1. The van der Waals surface area contributed by atoms with E-state index in [2.05, 4.69) is 22.4 Å². The summed E-state index contributed by atoms with van der Waals surface area (Å²) in [5.41, 5.74) is 3.02. The van der Waals surface area contributed by atoms with Gasteiger partial charge in [0.25, 0.3) is 5.91 Å². The first kappa shape index (κ1) is 21.5. The molecule has 0 atom stereocenters. The third kappa shape index (κ3) is 5.49. The summed E-state index contributed by atoms with van der Waals surface area (Å²) in [7, 11) is 0. The normalized spacial score (nSPS) is 10.8. The third-order valence-corrected chi connectivity index (χ3v) is 5.31. The van der Waals surface area contributed by atoms with Crippen molar-refractivity contribution in [2.24, 2.45) is 0 Å². The van der Waals surface area contributed by atoms with Gasteiger partial charge in [-0.25, -0.2) is 4.39 Å². The van der Waals surface area contributed by atoms with Crippen molar-refractivity contribution in [2.45, 2.75) is 25.8 Å². The number of carbonyl (C=O) groups is 1. The molecule has 0 radical (unpaired) electrons. The molecule has 3 aromatic carbocycles. The first-order valence-corrected chi connectivity index (χ1v) is 10.8. The Morgan fingerprint density at radius 3 is 2.69 bits per heavy atom. The van der Waals surface area contributed by atoms with Crippen LogP contribution in [0.5, 0.6) is 5.75 Å². The second kappa shape index (κ2) is 10.5. The number of hydrogen-bond acceptors (Lipinski definition) is 3. The molecule has 1 aromatic heterocycles. The maximum absolute atomic E-state index is 14.8. The molecule has 0 saturated heterocycles. The van der Waals surface area contributed by atoms with E-state index in [1.807, 2.05) is 30.3 Å². The second-order valence-electron chi connectivity index (χ2n) is 7.61. The van der Waals surface area contributed by atoms with E-state index < -0.39 is 5.82 Å². The van der Waals surface area contributed by atoms with Crippen LogP contribution >= 0.6 is 0 Å². The predicted molar refractivity (Wildman–Crippen MR) is 124 cm³/mol. The van der Waals surface area contributed by atoms with E-state index in [1.165, 1.54) is 5.56 Å². The summed E-state index contributed by atoms with van der Waals surface area (Å²) >= 11 is 0. The molecular weight excluding hydrogens is 403 g/mol. The van der Waals surface area contributed by atoms with Gasteiger partial charge < -0.3 is 10.1 Å². The minimum atomic E-state index is -0.432. The topological polar surface area (TPSA) is 51.2 Å². The van der Waals surface area contributed by atoms with Crippen molar-refractivity contribution in [1.29, 1.82) is 0 Å². The molecule has 0 aliphatic heterocycles. The van der Waals surface area contributed by atoms with Crippen LogP contribution in [0.2, 0.25) is 0 Å². The van der Waals surface area contributed by atoms with Crippen molar-refractivity contribution in [3.8, 4) is 5.75 Å². The molecule has 1 amide bonds. The van der Waals surface area contributed by atoms with Gasteiger partial charge in [0, 0.05) is 29.3 Å². The number of pyridine rings is 1. The smallest absolute Gasteiger partial charge is 0.251 e. The van der Waals surface area contributed by atoms with Gasteiger partial charge in [0.05, 0.1) is 12.1 Å². The number of nitrogens with one attached hydrogen (secondary N) is 1. The lowest BCUT2D eigenvalue weighted by Crippen LogP contribution is -2.23. The van der Waals surface area contributed by atoms with Crippen LogP contribution in [0.1, 0.15) is 34.3 Å². The zero-order valence-electron chi connectivity index (χ0n) is 17.8. The van der Waals surface area contributed by atoms with Crippen LogP contribution < -0.4 is 10.1 Å². The number of ether oxygens (including phenoxy) is 1. The summed E-state index contributed by atoms with van der Waals surface area (Å²) in [6.07, 6.45) is 4.50. The van der Waals surface area contributed by atoms with Crippen LogP contribution in [0, 0.1) is 5.82 Å². The molecule has 0 bridgehead atoms. The number of amides is 1. The average Bonchev–Trinajstić information content (AvgIpc) is 2.84. The highest BCUT2D eigenvalue weighted by molar-refractivity contribution is 5.97. The summed E-state index contributed by atoms with van der Waals surface area (Å²) in [6.45, 7) is 0.533. The molecule has 1 heterocycles. The highest BCUT2D eigenvalue weighted by Crippen LogP contribution is 2.21.